The molecule has 0 spiro atoms. The number of halogens is 5. The van der Waals surface area contributed by atoms with Gasteiger partial charge >= 0.3 is 220 Å². The molecule has 2 aromatic rings. The second kappa shape index (κ2) is 10.6. The molecule has 2 aliphatic heterocycles. The Kier molecular flexibility index (Phi) is 7.83. The van der Waals surface area contributed by atoms with Gasteiger partial charge in [-0.15, -0.1) is 0 Å². The number of aliphatic hydroxyl groups is 1. The van der Waals surface area contributed by atoms with Crippen LogP contribution in [-0.4, -0.2) is 64.6 Å². The molecule has 206 valence electrons. The van der Waals surface area contributed by atoms with Crippen LogP contribution in [0.2, 0.25) is 5.02 Å². The normalized spacial score (nSPS) is 20.8. The molecule has 1 unspecified atom stereocenters. The molecule has 2 fully saturated rings. The molecule has 3 amide bonds. The summed E-state index contributed by atoms with van der Waals surface area (Å²) in [6.45, 7) is -1.14. The molecule has 2 aliphatic rings. The molecule has 2 bridgehead atoms. The Morgan fingerprint density at radius 3 is 2.66 bits per heavy atom. The summed E-state index contributed by atoms with van der Waals surface area (Å²) in [5.74, 6) is -2.36. The number of amides is 3. The summed E-state index contributed by atoms with van der Waals surface area (Å²) in [5.41, 5.74) is -2.23. The first kappa shape index (κ1) is 28.0. The number of aliphatic hydroxyl groups excluding tert-OH is 1. The van der Waals surface area contributed by atoms with Crippen LogP contribution < -0.4 is 15.1 Å². The summed E-state index contributed by atoms with van der Waals surface area (Å²) in [5, 5.41) is 14.9. The first-order chi connectivity index (χ1) is 17.9. The third kappa shape index (κ3) is 5.41. The number of β-amino-alcohol motifs (C(OH)–C–C–N with tert-alkyl or cyclic N) is 1. The van der Waals surface area contributed by atoms with Crippen molar-refractivity contribution >= 4 is 36.9 Å². The molecule has 0 saturated carbocycles. The van der Waals surface area contributed by atoms with E-state index >= 15 is 0 Å². The molecule has 0 radical (unpaired) electrons. The van der Waals surface area contributed by atoms with Gasteiger partial charge in [0.05, 0.1) is 0 Å². The van der Waals surface area contributed by atoms with E-state index in [0.717, 1.165) is 18.2 Å². The van der Waals surface area contributed by atoms with Gasteiger partial charge in [0.25, 0.3) is 0 Å². The Hall–Kier alpha value is -3.02. The molecular weight excluding hydrogens is 555 g/mol. The Bertz CT molecular complexity index is 1250. The van der Waals surface area contributed by atoms with E-state index in [0.29, 0.717) is 12.4 Å². The van der Waals surface area contributed by atoms with Crippen LogP contribution in [0.25, 0.3) is 0 Å². The Morgan fingerprint density at radius 1 is 1.26 bits per heavy atom. The zero-order valence-corrected chi connectivity index (χ0v) is 21.5. The standard InChI is InChI=1S/C23H24ClF4N4O5P/c24-17-4-3-16(9-18(17)25)37-12-19(34)31-38-8-5-22(13-38,21(36)32(38)6-7-33)20(35)30-11-15-2-1-14(10-29-15)23(26,27)28/h1-4,9-10,33,38H,5-8,11-13H2,(H,30,35)(H,31,34). The van der Waals surface area contributed by atoms with Gasteiger partial charge in [-0.1, -0.05) is 0 Å². The molecule has 1 atom stereocenters. The van der Waals surface area contributed by atoms with Crippen molar-refractivity contribution in [3.05, 3.63) is 58.6 Å². The van der Waals surface area contributed by atoms with Crippen molar-refractivity contribution in [3.8, 4) is 5.75 Å². The Labute approximate surface area is 219 Å². The number of nitrogens with one attached hydrogen (secondary N) is 2. The van der Waals surface area contributed by atoms with Crippen molar-refractivity contribution in [2.75, 3.05) is 32.1 Å². The second-order valence-electron chi connectivity index (χ2n) is 9.10. The Morgan fingerprint density at radius 2 is 2.03 bits per heavy atom. The van der Waals surface area contributed by atoms with E-state index in [2.05, 4.69) is 15.4 Å². The van der Waals surface area contributed by atoms with Gasteiger partial charge in [-0.2, -0.15) is 0 Å². The first-order valence-electron chi connectivity index (χ1n) is 11.5. The number of hydrogen-bond donors (Lipinski definition) is 3. The number of hydrogen-bond acceptors (Lipinski definition) is 6. The van der Waals surface area contributed by atoms with E-state index < -0.39 is 54.9 Å². The van der Waals surface area contributed by atoms with Crippen molar-refractivity contribution in [1.29, 1.82) is 0 Å². The number of nitrogens with zero attached hydrogens (tertiary/aromatic N) is 2. The molecule has 4 rings (SSSR count). The van der Waals surface area contributed by atoms with Crippen molar-refractivity contribution in [2.24, 2.45) is 5.41 Å². The average molecular weight is 579 g/mol. The number of alkyl halides is 3. The molecule has 3 heterocycles. The summed E-state index contributed by atoms with van der Waals surface area (Å²) < 4.78 is 58.6. The molecule has 2 saturated heterocycles. The van der Waals surface area contributed by atoms with Gasteiger partial charge in [0.2, 0.25) is 0 Å². The second-order valence-corrected chi connectivity index (χ2v) is 13.2. The van der Waals surface area contributed by atoms with Crippen LogP contribution in [0.15, 0.2) is 36.5 Å². The van der Waals surface area contributed by atoms with Gasteiger partial charge < -0.3 is 0 Å². The maximum atomic E-state index is 13.6. The topological polar surface area (TPSA) is 121 Å². The predicted molar refractivity (Wildman–Crippen MR) is 130 cm³/mol. The van der Waals surface area contributed by atoms with Crippen LogP contribution in [0.1, 0.15) is 17.7 Å². The Balaban J connectivity index is 1.43. The number of benzene rings is 1. The summed E-state index contributed by atoms with van der Waals surface area (Å²) >= 11 is 5.64. The monoisotopic (exact) mass is 578 g/mol. The van der Waals surface area contributed by atoms with Crippen molar-refractivity contribution in [3.63, 3.8) is 0 Å². The third-order valence-corrected chi connectivity index (χ3v) is 11.5. The summed E-state index contributed by atoms with van der Waals surface area (Å²) in [4.78, 5) is 43.0. The number of pyridine rings is 1. The van der Waals surface area contributed by atoms with E-state index in [9.17, 15) is 37.1 Å². The summed E-state index contributed by atoms with van der Waals surface area (Å²) in [7, 11) is -3.09. The SMILES string of the molecule is O=C(COc1ccc(Cl)c(F)c1)N[PH]12CCC(C(=O)NCc3ccc(C(F)(F)F)cn3)(C1)C(=O)N2CCO. The van der Waals surface area contributed by atoms with E-state index in [1.165, 1.54) is 16.8 Å². The molecule has 38 heavy (non-hydrogen) atoms. The zero-order valence-electron chi connectivity index (χ0n) is 19.8. The number of ether oxygens (including phenoxy) is 1. The van der Waals surface area contributed by atoms with Gasteiger partial charge in [-0.3, -0.25) is 0 Å². The quantitative estimate of drug-likeness (QED) is 0.239. The van der Waals surface area contributed by atoms with Crippen LogP contribution >= 0.6 is 19.2 Å². The molecular formula is C23H24ClF4N4O5P. The molecule has 9 nitrogen and oxygen atoms in total. The molecule has 1 aromatic heterocycles. The van der Waals surface area contributed by atoms with Crippen molar-refractivity contribution in [1.82, 2.24) is 20.1 Å². The number of rotatable bonds is 9. The first-order valence-corrected chi connectivity index (χ1v) is 14.3. The van der Waals surface area contributed by atoms with Gasteiger partial charge in [-0.05, 0) is 0 Å². The van der Waals surface area contributed by atoms with Gasteiger partial charge in [0, 0.05) is 0 Å². The van der Waals surface area contributed by atoms with Crippen LogP contribution in [0, 0.1) is 11.2 Å². The average Bonchev–Trinajstić information content (AvgIpc) is 3.36. The van der Waals surface area contributed by atoms with Crippen LogP contribution in [0.3, 0.4) is 0 Å². The van der Waals surface area contributed by atoms with Gasteiger partial charge in [0.15, 0.2) is 0 Å². The van der Waals surface area contributed by atoms with E-state index in [1.54, 1.807) is 0 Å². The minimum absolute atomic E-state index is 0.0619. The minimum atomic E-state index is -4.54. The molecule has 15 heteroatoms. The zero-order chi connectivity index (χ0) is 27.7. The van der Waals surface area contributed by atoms with E-state index in [1.807, 2.05) is 0 Å². The van der Waals surface area contributed by atoms with E-state index in [-0.39, 0.29) is 48.7 Å². The van der Waals surface area contributed by atoms with Crippen LogP contribution in [0.5, 0.6) is 5.75 Å². The van der Waals surface area contributed by atoms with Crippen molar-refractivity contribution in [2.45, 2.75) is 19.1 Å². The third-order valence-electron chi connectivity index (χ3n) is 6.70. The number of fused-ring (bicyclic) bond motifs is 2. The number of aromatic nitrogens is 1. The molecule has 0 aliphatic carbocycles. The van der Waals surface area contributed by atoms with Crippen molar-refractivity contribution < 1.29 is 41.8 Å². The summed E-state index contributed by atoms with van der Waals surface area (Å²) in [6.07, 6.45) is -3.31. The fraction of sp³-hybridized carbons (Fsp3) is 0.391. The van der Waals surface area contributed by atoms with E-state index in [4.69, 9.17) is 16.3 Å². The fourth-order valence-electron chi connectivity index (χ4n) is 4.89. The molecule has 1 aromatic carbocycles. The van der Waals surface area contributed by atoms with Crippen LogP contribution in [0.4, 0.5) is 17.6 Å². The molecule has 3 N–H and O–H groups in total. The van der Waals surface area contributed by atoms with Gasteiger partial charge in [0.1, 0.15) is 0 Å². The fourth-order valence-corrected chi connectivity index (χ4v) is 10.0. The number of carbonyl (C=O) groups excluding carboxylic acids is 3. The van der Waals surface area contributed by atoms with Gasteiger partial charge in [-0.25, -0.2) is 0 Å². The number of carbonyl (C=O) groups is 3. The maximum absolute atomic E-state index is 13.6. The predicted octanol–water partition coefficient (Wildman–Crippen LogP) is 2.51. The van der Waals surface area contributed by atoms with Crippen LogP contribution in [-0.2, 0) is 27.1 Å². The summed E-state index contributed by atoms with van der Waals surface area (Å²) in [6, 6.07) is 5.68.